The van der Waals surface area contributed by atoms with Gasteiger partial charge in [0.2, 0.25) is 0 Å². The molecule has 3 heteroatoms. The van der Waals surface area contributed by atoms with Crippen LogP contribution < -0.4 is 5.73 Å². The van der Waals surface area contributed by atoms with Crippen LogP contribution in [0.4, 0.5) is 5.69 Å². The number of nitrogen functional groups attached to an aromatic ring is 1. The molecule has 2 aromatic rings. The van der Waals surface area contributed by atoms with Crippen molar-refractivity contribution in [3.05, 3.63) is 36.2 Å². The van der Waals surface area contributed by atoms with E-state index in [1.807, 2.05) is 18.2 Å². The van der Waals surface area contributed by atoms with E-state index in [1.165, 1.54) is 0 Å². The predicted molar refractivity (Wildman–Crippen MR) is 51.8 cm³/mol. The minimum Gasteiger partial charge on any atom is -0.398 e. The molecule has 2 aromatic heterocycles. The molecule has 66 valence electrons. The highest BCUT2D eigenvalue weighted by molar-refractivity contribution is 5.93. The van der Waals surface area contributed by atoms with Crippen molar-refractivity contribution in [2.75, 3.05) is 5.73 Å². The first-order valence-electron chi connectivity index (χ1n) is 4.06. The van der Waals surface area contributed by atoms with Crippen LogP contribution in [0, 0.1) is 0 Å². The summed E-state index contributed by atoms with van der Waals surface area (Å²) in [6, 6.07) is 7.41. The molecule has 0 atom stereocenters. The molecule has 0 radical (unpaired) electrons. The number of carbonyl (C=O) groups excluding carboxylic acids is 1. The molecule has 0 aliphatic carbocycles. The molecule has 3 nitrogen and oxygen atoms in total. The van der Waals surface area contributed by atoms with Crippen LogP contribution in [0.1, 0.15) is 17.4 Å². The summed E-state index contributed by atoms with van der Waals surface area (Å²) in [5.74, 6) is 0.0469. The largest absolute Gasteiger partial charge is 0.398 e. The van der Waals surface area contributed by atoms with Crippen LogP contribution in [0.15, 0.2) is 30.5 Å². The third-order valence-electron chi connectivity index (χ3n) is 2.04. The van der Waals surface area contributed by atoms with E-state index in [9.17, 15) is 4.79 Å². The van der Waals surface area contributed by atoms with Crippen molar-refractivity contribution in [2.24, 2.45) is 0 Å². The van der Waals surface area contributed by atoms with Crippen molar-refractivity contribution >= 4 is 17.0 Å². The molecule has 0 amide bonds. The number of pyridine rings is 1. The molecule has 0 aliphatic heterocycles. The van der Waals surface area contributed by atoms with Crippen molar-refractivity contribution in [1.29, 1.82) is 0 Å². The number of aromatic nitrogens is 1. The fourth-order valence-corrected chi connectivity index (χ4v) is 1.40. The van der Waals surface area contributed by atoms with Gasteiger partial charge in [-0.15, -0.1) is 0 Å². The van der Waals surface area contributed by atoms with Crippen molar-refractivity contribution in [3.63, 3.8) is 0 Å². The maximum Gasteiger partial charge on any atom is 0.176 e. The number of ketones is 1. The van der Waals surface area contributed by atoms with Gasteiger partial charge in [-0.2, -0.15) is 0 Å². The Morgan fingerprint density at radius 2 is 2.00 bits per heavy atom. The highest BCUT2D eigenvalue weighted by Gasteiger charge is 2.04. The molecule has 2 rings (SSSR count). The molecule has 0 fully saturated rings. The second-order valence-electron chi connectivity index (χ2n) is 3.03. The number of carbonyl (C=O) groups is 1. The summed E-state index contributed by atoms with van der Waals surface area (Å²) in [5, 5.41) is 0. The molecule has 0 spiro atoms. The van der Waals surface area contributed by atoms with Crippen molar-refractivity contribution in [1.82, 2.24) is 4.40 Å². The lowest BCUT2D eigenvalue weighted by molar-refractivity contribution is 0.101. The molecule has 0 saturated heterocycles. The van der Waals surface area contributed by atoms with E-state index in [2.05, 4.69) is 0 Å². The van der Waals surface area contributed by atoms with Crippen LogP contribution in [0.25, 0.3) is 5.52 Å². The lowest BCUT2D eigenvalue weighted by atomic mass is 10.3. The van der Waals surface area contributed by atoms with Gasteiger partial charge in [-0.3, -0.25) is 4.79 Å². The summed E-state index contributed by atoms with van der Waals surface area (Å²) in [6.45, 7) is 1.55. The van der Waals surface area contributed by atoms with Gasteiger partial charge in [0.05, 0.1) is 5.69 Å². The zero-order valence-corrected chi connectivity index (χ0v) is 7.32. The predicted octanol–water partition coefficient (Wildman–Crippen LogP) is 1.72. The number of nitrogens with zero attached hydrogens (tertiary/aromatic N) is 1. The van der Waals surface area contributed by atoms with E-state index in [1.54, 1.807) is 23.6 Å². The molecule has 0 aliphatic rings. The Bertz CT molecular complexity index is 471. The van der Waals surface area contributed by atoms with Gasteiger partial charge < -0.3 is 10.1 Å². The van der Waals surface area contributed by atoms with Crippen LogP contribution >= 0.6 is 0 Å². The maximum absolute atomic E-state index is 11.2. The number of anilines is 1. The highest BCUT2D eigenvalue weighted by atomic mass is 16.1. The minimum atomic E-state index is 0.0469. The van der Waals surface area contributed by atoms with Crippen LogP contribution in [-0.2, 0) is 0 Å². The van der Waals surface area contributed by atoms with Crippen molar-refractivity contribution in [3.8, 4) is 0 Å². The number of nitrogens with two attached hydrogens (primary N) is 1. The summed E-state index contributed by atoms with van der Waals surface area (Å²) in [5.41, 5.74) is 7.93. The second-order valence-corrected chi connectivity index (χ2v) is 3.03. The molecule has 0 aromatic carbocycles. The smallest absolute Gasteiger partial charge is 0.176 e. The molecular weight excluding hydrogens is 164 g/mol. The van der Waals surface area contributed by atoms with Gasteiger partial charge in [-0.05, 0) is 24.3 Å². The fourth-order valence-electron chi connectivity index (χ4n) is 1.40. The Morgan fingerprint density at radius 1 is 1.31 bits per heavy atom. The Balaban J connectivity index is 2.79. The molecule has 13 heavy (non-hydrogen) atoms. The van der Waals surface area contributed by atoms with Gasteiger partial charge in [0, 0.05) is 24.3 Å². The van der Waals surface area contributed by atoms with E-state index < -0.39 is 0 Å². The van der Waals surface area contributed by atoms with Crippen molar-refractivity contribution in [2.45, 2.75) is 6.92 Å². The Hall–Kier alpha value is -1.77. The molecule has 0 unspecified atom stereocenters. The number of hydrogen-bond donors (Lipinski definition) is 1. The normalized spacial score (nSPS) is 10.5. The molecular formula is C10H10N2O. The van der Waals surface area contributed by atoms with Gasteiger partial charge in [0.15, 0.2) is 5.78 Å². The summed E-state index contributed by atoms with van der Waals surface area (Å²) >= 11 is 0. The van der Waals surface area contributed by atoms with Gasteiger partial charge in [-0.1, -0.05) is 0 Å². The lowest BCUT2D eigenvalue weighted by Crippen LogP contribution is -1.99. The van der Waals surface area contributed by atoms with E-state index in [0.29, 0.717) is 11.4 Å². The van der Waals surface area contributed by atoms with Gasteiger partial charge >= 0.3 is 0 Å². The fraction of sp³-hybridized carbons (Fsp3) is 0.100. The topological polar surface area (TPSA) is 47.5 Å². The minimum absolute atomic E-state index is 0.0469. The summed E-state index contributed by atoms with van der Waals surface area (Å²) in [7, 11) is 0. The van der Waals surface area contributed by atoms with E-state index in [0.717, 1.165) is 5.52 Å². The van der Waals surface area contributed by atoms with Gasteiger partial charge in [-0.25, -0.2) is 0 Å². The second kappa shape index (κ2) is 2.62. The summed E-state index contributed by atoms with van der Waals surface area (Å²) < 4.78 is 1.80. The summed E-state index contributed by atoms with van der Waals surface area (Å²) in [6.07, 6.45) is 1.76. The quantitative estimate of drug-likeness (QED) is 0.669. The first-order valence-corrected chi connectivity index (χ1v) is 4.06. The average Bonchev–Trinajstić information content (AvgIpc) is 2.46. The third-order valence-corrected chi connectivity index (χ3v) is 2.04. The number of fused-ring (bicyclic) bond motifs is 1. The number of rotatable bonds is 1. The monoisotopic (exact) mass is 174 g/mol. The van der Waals surface area contributed by atoms with E-state index in [-0.39, 0.29) is 5.78 Å². The Morgan fingerprint density at radius 3 is 2.69 bits per heavy atom. The van der Waals surface area contributed by atoms with E-state index >= 15 is 0 Å². The standard InChI is InChI=1S/C10H10N2O/c1-7(13)10-5-4-9-3-2-8(11)6-12(9)10/h2-6H,11H2,1H3. The van der Waals surface area contributed by atoms with Gasteiger partial charge in [0.25, 0.3) is 0 Å². The van der Waals surface area contributed by atoms with Crippen LogP contribution in [0.5, 0.6) is 0 Å². The van der Waals surface area contributed by atoms with Crippen LogP contribution in [0.3, 0.4) is 0 Å². The SMILES string of the molecule is CC(=O)c1ccc2ccc(N)cn12. The number of Topliss-reactive ketones (excluding diaryl/α,β-unsaturated/α-hetero) is 1. The first kappa shape index (κ1) is 7.86. The maximum atomic E-state index is 11.2. The van der Waals surface area contributed by atoms with Crippen molar-refractivity contribution < 1.29 is 4.79 Å². The molecule has 2 heterocycles. The molecule has 0 saturated carbocycles. The third kappa shape index (κ3) is 1.18. The van der Waals surface area contributed by atoms with E-state index in [4.69, 9.17) is 5.73 Å². The molecule has 2 N–H and O–H groups in total. The van der Waals surface area contributed by atoms with Gasteiger partial charge in [0.1, 0.15) is 0 Å². The average molecular weight is 174 g/mol. The Kier molecular flexibility index (Phi) is 1.59. The molecule has 0 bridgehead atoms. The first-order chi connectivity index (χ1) is 6.18. The zero-order valence-electron chi connectivity index (χ0n) is 7.32. The highest BCUT2D eigenvalue weighted by Crippen LogP contribution is 2.13. The Labute approximate surface area is 75.8 Å². The van der Waals surface area contributed by atoms with Crippen LogP contribution in [-0.4, -0.2) is 10.2 Å². The lowest BCUT2D eigenvalue weighted by Gasteiger charge is -1.99. The zero-order chi connectivity index (χ0) is 9.42. The summed E-state index contributed by atoms with van der Waals surface area (Å²) in [4.78, 5) is 11.2. The number of hydrogen-bond acceptors (Lipinski definition) is 2. The van der Waals surface area contributed by atoms with Crippen LogP contribution in [0.2, 0.25) is 0 Å².